The number of amides is 2. The molecule has 1 aromatic heterocycles. The van der Waals surface area contributed by atoms with Crippen molar-refractivity contribution in [2.45, 2.75) is 26.7 Å². The Morgan fingerprint density at radius 1 is 1.00 bits per heavy atom. The number of non-ortho nitro benzene ring substituents is 1. The Morgan fingerprint density at radius 3 is 2.32 bits per heavy atom. The van der Waals surface area contributed by atoms with Crippen LogP contribution in [0.1, 0.15) is 35.7 Å². The molecule has 0 bridgehead atoms. The molecule has 0 saturated carbocycles. The number of carbonyl (C=O) groups is 2. The van der Waals surface area contributed by atoms with Gasteiger partial charge >= 0.3 is 0 Å². The fourth-order valence-corrected chi connectivity index (χ4v) is 3.97. The number of anilines is 1. The normalized spacial score (nSPS) is 10.7. The number of nitro benzene ring substituents is 1. The molecule has 9 heteroatoms. The van der Waals surface area contributed by atoms with Crippen LogP contribution in [0.5, 0.6) is 0 Å². The van der Waals surface area contributed by atoms with Crippen LogP contribution < -0.4 is 5.32 Å². The molecule has 4 rings (SSSR count). The van der Waals surface area contributed by atoms with Gasteiger partial charge in [-0.15, -0.1) is 0 Å². The highest BCUT2D eigenvalue weighted by atomic mass is 16.6. The van der Waals surface area contributed by atoms with E-state index in [0.717, 1.165) is 23.2 Å². The van der Waals surface area contributed by atoms with E-state index in [4.69, 9.17) is 5.10 Å². The van der Waals surface area contributed by atoms with Gasteiger partial charge in [-0.05, 0) is 37.6 Å². The lowest BCUT2D eigenvalue weighted by Gasteiger charge is -2.22. The lowest BCUT2D eigenvalue weighted by Crippen LogP contribution is -2.39. The van der Waals surface area contributed by atoms with Crippen molar-refractivity contribution in [3.63, 3.8) is 0 Å². The molecule has 38 heavy (non-hydrogen) atoms. The molecule has 0 saturated heterocycles. The monoisotopic (exact) mass is 511 g/mol. The molecule has 1 heterocycles. The van der Waals surface area contributed by atoms with Crippen molar-refractivity contribution < 1.29 is 14.5 Å². The molecule has 0 radical (unpaired) electrons. The zero-order chi connectivity index (χ0) is 27.1. The van der Waals surface area contributed by atoms with E-state index in [9.17, 15) is 19.7 Å². The van der Waals surface area contributed by atoms with Crippen molar-refractivity contribution in [1.82, 2.24) is 14.7 Å². The van der Waals surface area contributed by atoms with Gasteiger partial charge in [0.2, 0.25) is 5.91 Å². The predicted molar refractivity (Wildman–Crippen MR) is 146 cm³/mol. The predicted octanol–water partition coefficient (Wildman–Crippen LogP) is 5.64. The van der Waals surface area contributed by atoms with Gasteiger partial charge in [0.15, 0.2) is 0 Å². The zero-order valence-corrected chi connectivity index (χ0v) is 21.3. The van der Waals surface area contributed by atoms with Crippen LogP contribution in [-0.4, -0.2) is 44.5 Å². The topological polar surface area (TPSA) is 110 Å². The number of hydrogen-bond donors (Lipinski definition) is 1. The number of nitrogens with zero attached hydrogens (tertiary/aromatic N) is 4. The molecule has 0 fully saturated rings. The molecule has 2 amide bonds. The second kappa shape index (κ2) is 12.0. The van der Waals surface area contributed by atoms with Gasteiger partial charge < -0.3 is 10.2 Å². The van der Waals surface area contributed by atoms with Crippen LogP contribution in [0.3, 0.4) is 0 Å². The van der Waals surface area contributed by atoms with Crippen LogP contribution >= 0.6 is 0 Å². The minimum absolute atomic E-state index is 0.0991. The molecule has 0 aliphatic rings. The number of aryl methyl sites for hydroxylation is 1. The molecule has 4 aromatic rings. The van der Waals surface area contributed by atoms with E-state index >= 15 is 0 Å². The van der Waals surface area contributed by atoms with Crippen LogP contribution in [0.15, 0.2) is 84.9 Å². The molecule has 194 valence electrons. The maximum Gasteiger partial charge on any atom is 0.269 e. The summed E-state index contributed by atoms with van der Waals surface area (Å²) in [5.41, 5.74) is 3.69. The maximum atomic E-state index is 13.2. The lowest BCUT2D eigenvalue weighted by molar-refractivity contribution is -0.384. The third-order valence-corrected chi connectivity index (χ3v) is 6.05. The van der Waals surface area contributed by atoms with Gasteiger partial charge in [0.05, 0.1) is 16.3 Å². The van der Waals surface area contributed by atoms with Gasteiger partial charge in [-0.1, -0.05) is 61.4 Å². The standard InChI is InChI=1S/C29H29N5O4/c1-3-4-18-32(29(36)23-12-16-25(17-13-23)34(37)38)20-28(35)30-27-19-26(22-8-6-5-7-9-22)31-33(27)24-14-10-21(2)11-15-24/h5-17,19H,3-4,18,20H2,1-2H3,(H,30,35). The Balaban J connectivity index is 1.58. The summed E-state index contributed by atoms with van der Waals surface area (Å²) >= 11 is 0. The van der Waals surface area contributed by atoms with E-state index in [2.05, 4.69) is 5.32 Å². The number of nitro groups is 1. The van der Waals surface area contributed by atoms with Crippen LogP contribution in [0.4, 0.5) is 11.5 Å². The summed E-state index contributed by atoms with van der Waals surface area (Å²) < 4.78 is 1.67. The Morgan fingerprint density at radius 2 is 1.68 bits per heavy atom. The summed E-state index contributed by atoms with van der Waals surface area (Å²) in [6, 6.07) is 24.7. The first-order valence-electron chi connectivity index (χ1n) is 12.4. The summed E-state index contributed by atoms with van der Waals surface area (Å²) in [6.45, 7) is 4.21. The molecule has 0 unspecified atom stereocenters. The van der Waals surface area contributed by atoms with E-state index in [1.807, 2.05) is 74.5 Å². The Labute approximate surface area is 220 Å². The largest absolute Gasteiger partial charge is 0.329 e. The van der Waals surface area contributed by atoms with Crippen LogP contribution in [0.25, 0.3) is 16.9 Å². The van der Waals surface area contributed by atoms with E-state index in [1.54, 1.807) is 4.68 Å². The van der Waals surface area contributed by atoms with E-state index in [-0.39, 0.29) is 29.6 Å². The molecular weight excluding hydrogens is 482 g/mol. The van der Waals surface area contributed by atoms with E-state index in [0.29, 0.717) is 24.5 Å². The van der Waals surface area contributed by atoms with Crippen LogP contribution in [0.2, 0.25) is 0 Å². The molecule has 0 spiro atoms. The molecule has 0 atom stereocenters. The first kappa shape index (κ1) is 26.3. The molecule has 0 aliphatic heterocycles. The minimum atomic E-state index is -0.516. The second-order valence-corrected chi connectivity index (χ2v) is 8.96. The SMILES string of the molecule is CCCCN(CC(=O)Nc1cc(-c2ccccc2)nn1-c1ccc(C)cc1)C(=O)c1ccc([N+](=O)[O-])cc1. The Kier molecular flexibility index (Phi) is 8.27. The van der Waals surface area contributed by atoms with Gasteiger partial charge in [-0.25, -0.2) is 4.68 Å². The first-order chi connectivity index (χ1) is 18.4. The number of hydrogen-bond acceptors (Lipinski definition) is 5. The fraction of sp³-hybridized carbons (Fsp3) is 0.207. The first-order valence-corrected chi connectivity index (χ1v) is 12.4. The minimum Gasteiger partial charge on any atom is -0.329 e. The third-order valence-electron chi connectivity index (χ3n) is 6.05. The maximum absolute atomic E-state index is 13.2. The number of benzene rings is 3. The van der Waals surface area contributed by atoms with Gasteiger partial charge in [0, 0.05) is 35.9 Å². The van der Waals surface area contributed by atoms with Gasteiger partial charge in [0.25, 0.3) is 11.6 Å². The van der Waals surface area contributed by atoms with E-state index < -0.39 is 4.92 Å². The molecular formula is C29H29N5O4. The van der Waals surface area contributed by atoms with Crippen molar-refractivity contribution in [2.75, 3.05) is 18.4 Å². The lowest BCUT2D eigenvalue weighted by atomic mass is 10.1. The zero-order valence-electron chi connectivity index (χ0n) is 21.3. The van der Waals surface area contributed by atoms with Crippen LogP contribution in [-0.2, 0) is 4.79 Å². The summed E-state index contributed by atoms with van der Waals surface area (Å²) in [7, 11) is 0. The average molecular weight is 512 g/mol. The van der Waals surface area contributed by atoms with Crippen molar-refractivity contribution in [2.24, 2.45) is 0 Å². The van der Waals surface area contributed by atoms with Crippen molar-refractivity contribution in [3.8, 4) is 16.9 Å². The highest BCUT2D eigenvalue weighted by Crippen LogP contribution is 2.25. The Hall–Kier alpha value is -4.79. The molecule has 1 N–H and O–H groups in total. The third kappa shape index (κ3) is 6.31. The highest BCUT2D eigenvalue weighted by Gasteiger charge is 2.21. The fourth-order valence-electron chi connectivity index (χ4n) is 3.97. The number of unbranched alkanes of at least 4 members (excludes halogenated alkanes) is 1. The van der Waals surface area contributed by atoms with Gasteiger partial charge in [0.1, 0.15) is 12.4 Å². The Bertz CT molecular complexity index is 1410. The number of aromatic nitrogens is 2. The highest BCUT2D eigenvalue weighted by molar-refractivity contribution is 5.99. The van der Waals surface area contributed by atoms with Gasteiger partial charge in [-0.2, -0.15) is 5.10 Å². The summed E-state index contributed by atoms with van der Waals surface area (Å²) in [6.07, 6.45) is 1.55. The summed E-state index contributed by atoms with van der Waals surface area (Å²) in [5, 5.41) is 18.6. The average Bonchev–Trinajstić information content (AvgIpc) is 3.35. The number of carbonyl (C=O) groups excluding carboxylic acids is 2. The summed E-state index contributed by atoms with van der Waals surface area (Å²) in [4.78, 5) is 38.3. The smallest absolute Gasteiger partial charge is 0.269 e. The van der Waals surface area contributed by atoms with Crippen LogP contribution in [0, 0.1) is 17.0 Å². The molecule has 9 nitrogen and oxygen atoms in total. The molecule has 3 aromatic carbocycles. The van der Waals surface area contributed by atoms with Crippen molar-refractivity contribution in [3.05, 3.63) is 106 Å². The second-order valence-electron chi connectivity index (χ2n) is 8.96. The number of nitrogens with one attached hydrogen (secondary N) is 1. The number of rotatable bonds is 10. The summed E-state index contributed by atoms with van der Waals surface area (Å²) in [5.74, 6) is -0.249. The quantitative estimate of drug-likeness (QED) is 0.219. The van der Waals surface area contributed by atoms with Crippen molar-refractivity contribution in [1.29, 1.82) is 0 Å². The van der Waals surface area contributed by atoms with Crippen molar-refractivity contribution >= 4 is 23.3 Å². The van der Waals surface area contributed by atoms with E-state index in [1.165, 1.54) is 29.2 Å². The molecule has 0 aliphatic carbocycles. The van der Waals surface area contributed by atoms with Gasteiger partial charge in [-0.3, -0.25) is 19.7 Å².